The highest BCUT2D eigenvalue weighted by molar-refractivity contribution is 4.63. The molecule has 4 heteroatoms. The lowest BCUT2D eigenvalue weighted by atomic mass is 9.98. The van der Waals surface area contributed by atoms with Crippen molar-refractivity contribution in [3.05, 3.63) is 0 Å². The highest BCUT2D eigenvalue weighted by Crippen LogP contribution is 2.18. The predicted octanol–water partition coefficient (Wildman–Crippen LogP) is 3.02. The molecule has 0 saturated heterocycles. The van der Waals surface area contributed by atoms with E-state index in [2.05, 4.69) is 4.74 Å². The maximum Gasteiger partial charge on any atom is 0.0773 e. The van der Waals surface area contributed by atoms with Crippen LogP contribution < -0.4 is 0 Å². The van der Waals surface area contributed by atoms with Gasteiger partial charge in [0.05, 0.1) is 24.9 Å². The summed E-state index contributed by atoms with van der Waals surface area (Å²) in [5, 5.41) is 8.21. The van der Waals surface area contributed by atoms with E-state index in [4.69, 9.17) is 14.6 Å². The van der Waals surface area contributed by atoms with Crippen LogP contribution in [0.3, 0.4) is 0 Å². The summed E-state index contributed by atoms with van der Waals surface area (Å²) >= 11 is 0. The largest absolute Gasteiger partial charge is 0.394 e. The number of methoxy groups -OCH3 is 3. The van der Waals surface area contributed by atoms with Gasteiger partial charge in [-0.1, -0.05) is 19.3 Å². The van der Waals surface area contributed by atoms with Crippen LogP contribution in [0, 0.1) is 0 Å². The van der Waals surface area contributed by atoms with Crippen LogP contribution in [0.1, 0.15) is 52.9 Å². The summed E-state index contributed by atoms with van der Waals surface area (Å²) in [7, 11) is 5.08. The molecule has 19 heavy (non-hydrogen) atoms. The summed E-state index contributed by atoms with van der Waals surface area (Å²) in [6.07, 6.45) is 7.70. The fourth-order valence-electron chi connectivity index (χ4n) is 1.38. The van der Waals surface area contributed by atoms with Crippen molar-refractivity contribution in [1.29, 1.82) is 0 Å². The van der Waals surface area contributed by atoms with Gasteiger partial charge in [0.25, 0.3) is 0 Å². The first-order valence-corrected chi connectivity index (χ1v) is 7.20. The molecule has 0 heterocycles. The first kappa shape index (κ1) is 21.1. The van der Waals surface area contributed by atoms with Gasteiger partial charge >= 0.3 is 0 Å². The highest BCUT2D eigenvalue weighted by atomic mass is 16.5. The van der Waals surface area contributed by atoms with E-state index in [-0.39, 0.29) is 12.7 Å². The molecule has 1 atom stereocenters. The van der Waals surface area contributed by atoms with E-state index in [1.54, 1.807) is 21.1 Å². The maximum absolute atomic E-state index is 8.21. The third kappa shape index (κ3) is 17.8. The first-order valence-electron chi connectivity index (χ1n) is 7.20. The molecular weight excluding hydrogens is 244 g/mol. The van der Waals surface area contributed by atoms with Gasteiger partial charge in [0.2, 0.25) is 0 Å². The van der Waals surface area contributed by atoms with Crippen molar-refractivity contribution in [3.8, 4) is 0 Å². The standard InChI is InChI=1S/C7H14O.C4H10O2.C4H10O/c1-8-7-5-3-2-4-6-7;1-4(3-5)6-2;1-4(2)5-3/h7H,2-6H2,1H3;4-5H,3H2,1-2H3;4H,1-3H3. The molecule has 1 aliphatic carbocycles. The fourth-order valence-corrected chi connectivity index (χ4v) is 1.38. The van der Waals surface area contributed by atoms with Crippen LogP contribution in [0.4, 0.5) is 0 Å². The molecule has 0 aromatic heterocycles. The smallest absolute Gasteiger partial charge is 0.0773 e. The first-order chi connectivity index (χ1) is 9.01. The topological polar surface area (TPSA) is 47.9 Å². The van der Waals surface area contributed by atoms with Crippen LogP contribution >= 0.6 is 0 Å². The van der Waals surface area contributed by atoms with Crippen LogP contribution in [0.2, 0.25) is 0 Å². The van der Waals surface area contributed by atoms with E-state index >= 15 is 0 Å². The molecule has 1 N–H and O–H groups in total. The SMILES string of the molecule is COC(C)C.COC(C)CO.COC1CCCCC1. The summed E-state index contributed by atoms with van der Waals surface area (Å²) in [4.78, 5) is 0. The maximum atomic E-state index is 8.21. The molecule has 1 aliphatic rings. The molecule has 118 valence electrons. The monoisotopic (exact) mass is 278 g/mol. The molecule has 0 aromatic rings. The van der Waals surface area contributed by atoms with Crippen molar-refractivity contribution >= 4 is 0 Å². The molecule has 1 saturated carbocycles. The second kappa shape index (κ2) is 15.9. The Bertz CT molecular complexity index is 152. The van der Waals surface area contributed by atoms with E-state index in [0.29, 0.717) is 12.2 Å². The third-order valence-electron chi connectivity index (χ3n) is 3.02. The Morgan fingerprint density at radius 3 is 1.58 bits per heavy atom. The van der Waals surface area contributed by atoms with Gasteiger partial charge in [-0.2, -0.15) is 0 Å². The minimum Gasteiger partial charge on any atom is -0.394 e. The Hall–Kier alpha value is -0.160. The van der Waals surface area contributed by atoms with E-state index < -0.39 is 0 Å². The summed E-state index contributed by atoms with van der Waals surface area (Å²) in [5.41, 5.74) is 0. The molecule has 1 fully saturated rings. The van der Waals surface area contributed by atoms with Gasteiger partial charge in [-0.15, -0.1) is 0 Å². The van der Waals surface area contributed by atoms with Crippen LogP contribution in [-0.4, -0.2) is 51.4 Å². The van der Waals surface area contributed by atoms with Gasteiger partial charge < -0.3 is 19.3 Å². The number of ether oxygens (including phenoxy) is 3. The van der Waals surface area contributed by atoms with Gasteiger partial charge in [-0.25, -0.2) is 0 Å². The van der Waals surface area contributed by atoms with Gasteiger partial charge in [-0.05, 0) is 33.6 Å². The number of hydrogen-bond donors (Lipinski definition) is 1. The number of aliphatic hydroxyl groups excluding tert-OH is 1. The average molecular weight is 278 g/mol. The Labute approximate surface area is 119 Å². The molecule has 0 amide bonds. The van der Waals surface area contributed by atoms with Crippen molar-refractivity contribution < 1.29 is 19.3 Å². The molecule has 1 rings (SSSR count). The van der Waals surface area contributed by atoms with Crippen molar-refractivity contribution in [3.63, 3.8) is 0 Å². The van der Waals surface area contributed by atoms with Crippen LogP contribution in [-0.2, 0) is 14.2 Å². The van der Waals surface area contributed by atoms with E-state index in [9.17, 15) is 0 Å². The Morgan fingerprint density at radius 1 is 0.947 bits per heavy atom. The van der Waals surface area contributed by atoms with E-state index in [0.717, 1.165) is 0 Å². The molecule has 4 nitrogen and oxygen atoms in total. The number of aliphatic hydroxyl groups is 1. The zero-order chi connectivity index (χ0) is 15.1. The summed E-state index contributed by atoms with van der Waals surface area (Å²) in [6.45, 7) is 5.91. The average Bonchev–Trinajstić information content (AvgIpc) is 2.48. The van der Waals surface area contributed by atoms with Crippen LogP contribution in [0.15, 0.2) is 0 Å². The van der Waals surface area contributed by atoms with Gasteiger partial charge in [0.15, 0.2) is 0 Å². The molecule has 1 unspecified atom stereocenters. The number of hydrogen-bond acceptors (Lipinski definition) is 4. The Morgan fingerprint density at radius 2 is 1.42 bits per heavy atom. The van der Waals surface area contributed by atoms with Crippen LogP contribution in [0.5, 0.6) is 0 Å². The minimum atomic E-state index is -0.00926. The summed E-state index contributed by atoms with van der Waals surface area (Å²) in [6, 6.07) is 0. The molecule has 0 bridgehead atoms. The summed E-state index contributed by atoms with van der Waals surface area (Å²) < 4.78 is 14.6. The van der Waals surface area contributed by atoms with Crippen molar-refractivity contribution in [2.45, 2.75) is 71.2 Å². The molecular formula is C15H34O4. The van der Waals surface area contributed by atoms with E-state index in [1.807, 2.05) is 21.0 Å². The van der Waals surface area contributed by atoms with Gasteiger partial charge in [0, 0.05) is 21.3 Å². The fraction of sp³-hybridized carbons (Fsp3) is 1.00. The van der Waals surface area contributed by atoms with Gasteiger partial charge in [0.1, 0.15) is 0 Å². The van der Waals surface area contributed by atoms with E-state index in [1.165, 1.54) is 32.1 Å². The minimum absolute atomic E-state index is 0.00926. The zero-order valence-electron chi connectivity index (χ0n) is 13.6. The lowest BCUT2D eigenvalue weighted by Gasteiger charge is -2.19. The lowest BCUT2D eigenvalue weighted by molar-refractivity contribution is 0.0623. The third-order valence-corrected chi connectivity index (χ3v) is 3.02. The molecule has 0 radical (unpaired) electrons. The Kier molecular flexibility index (Phi) is 17.7. The summed E-state index contributed by atoms with van der Waals surface area (Å²) in [5.74, 6) is 0. The quantitative estimate of drug-likeness (QED) is 0.858. The van der Waals surface area contributed by atoms with Crippen LogP contribution in [0.25, 0.3) is 0 Å². The number of rotatable bonds is 4. The lowest BCUT2D eigenvalue weighted by Crippen LogP contribution is -2.13. The van der Waals surface area contributed by atoms with Gasteiger partial charge in [-0.3, -0.25) is 0 Å². The molecule has 0 aromatic carbocycles. The normalized spacial score (nSPS) is 17.1. The Balaban J connectivity index is 0. The predicted molar refractivity (Wildman–Crippen MR) is 79.6 cm³/mol. The second-order valence-corrected chi connectivity index (χ2v) is 5.01. The highest BCUT2D eigenvalue weighted by Gasteiger charge is 2.10. The van der Waals surface area contributed by atoms with Crippen molar-refractivity contribution in [2.75, 3.05) is 27.9 Å². The van der Waals surface area contributed by atoms with Crippen molar-refractivity contribution in [1.82, 2.24) is 0 Å². The molecule has 0 spiro atoms. The zero-order valence-corrected chi connectivity index (χ0v) is 13.6. The van der Waals surface area contributed by atoms with Crippen molar-refractivity contribution in [2.24, 2.45) is 0 Å². The second-order valence-electron chi connectivity index (χ2n) is 5.01. The molecule has 0 aliphatic heterocycles.